The number of halogens is 3. The van der Waals surface area contributed by atoms with Gasteiger partial charge in [-0.2, -0.15) is 0 Å². The first-order valence-corrected chi connectivity index (χ1v) is 8.26. The molecule has 1 aliphatic rings. The van der Waals surface area contributed by atoms with Crippen molar-refractivity contribution in [2.24, 2.45) is 0 Å². The highest BCUT2D eigenvalue weighted by molar-refractivity contribution is 5.85. The molecule has 3 rings (SSSR count). The van der Waals surface area contributed by atoms with Gasteiger partial charge in [0, 0.05) is 19.6 Å². The molecule has 1 heterocycles. The van der Waals surface area contributed by atoms with Crippen molar-refractivity contribution in [1.82, 2.24) is 4.90 Å². The highest BCUT2D eigenvalue weighted by Gasteiger charge is 2.24. The van der Waals surface area contributed by atoms with E-state index in [1.54, 1.807) is 0 Å². The molecule has 2 atom stereocenters. The van der Waals surface area contributed by atoms with Crippen molar-refractivity contribution in [1.29, 1.82) is 0 Å². The van der Waals surface area contributed by atoms with E-state index < -0.39 is 17.7 Å². The first-order chi connectivity index (χ1) is 12.1. The zero-order valence-electron chi connectivity index (χ0n) is 14.2. The van der Waals surface area contributed by atoms with Gasteiger partial charge in [0.25, 0.3) is 0 Å². The largest absolute Gasteiger partial charge is 0.491 e. The maximum atomic E-state index is 13.4. The highest BCUT2D eigenvalue weighted by atomic mass is 35.5. The van der Waals surface area contributed by atoms with E-state index in [1.165, 1.54) is 12.1 Å². The smallest absolute Gasteiger partial charge is 0.159 e. The minimum atomic E-state index is -0.880. The summed E-state index contributed by atoms with van der Waals surface area (Å²) < 4.78 is 37.7. The van der Waals surface area contributed by atoms with Crippen molar-refractivity contribution in [3.05, 3.63) is 65.7 Å². The molecule has 2 unspecified atom stereocenters. The predicted molar refractivity (Wildman–Crippen MR) is 96.7 cm³/mol. The van der Waals surface area contributed by atoms with Crippen LogP contribution in [0.2, 0.25) is 0 Å². The van der Waals surface area contributed by atoms with Crippen molar-refractivity contribution in [3.8, 4) is 5.75 Å². The number of para-hydroxylation sites is 1. The average Bonchev–Trinajstić information content (AvgIpc) is 2.63. The molecule has 1 N–H and O–H groups in total. The third kappa shape index (κ3) is 5.64. The van der Waals surface area contributed by atoms with Crippen molar-refractivity contribution in [2.75, 3.05) is 32.8 Å². The molecule has 0 aliphatic carbocycles. The molecule has 26 heavy (non-hydrogen) atoms. The maximum Gasteiger partial charge on any atom is 0.159 e. The van der Waals surface area contributed by atoms with Crippen molar-refractivity contribution >= 4 is 12.4 Å². The number of hydrogen-bond acceptors (Lipinski definition) is 4. The Labute approximate surface area is 157 Å². The Hall–Kier alpha value is -1.73. The molecule has 0 aromatic heterocycles. The number of morpholine rings is 1. The summed E-state index contributed by atoms with van der Waals surface area (Å²) in [5.41, 5.74) is 0.596. The number of nitrogens with zero attached hydrogens (tertiary/aromatic N) is 1. The van der Waals surface area contributed by atoms with E-state index in [9.17, 15) is 13.9 Å². The van der Waals surface area contributed by atoms with E-state index >= 15 is 0 Å². The van der Waals surface area contributed by atoms with Gasteiger partial charge in [-0.1, -0.05) is 24.3 Å². The van der Waals surface area contributed by atoms with Crippen LogP contribution >= 0.6 is 12.4 Å². The molecule has 7 heteroatoms. The van der Waals surface area contributed by atoms with Gasteiger partial charge in [0.15, 0.2) is 11.6 Å². The molecule has 4 nitrogen and oxygen atoms in total. The van der Waals surface area contributed by atoms with Crippen LogP contribution in [0.4, 0.5) is 8.78 Å². The van der Waals surface area contributed by atoms with Gasteiger partial charge in [0.05, 0.1) is 12.7 Å². The summed E-state index contributed by atoms with van der Waals surface area (Å²) in [5, 5.41) is 10.2. The third-order valence-corrected chi connectivity index (χ3v) is 4.12. The van der Waals surface area contributed by atoms with E-state index in [1.807, 2.05) is 35.2 Å². The lowest BCUT2D eigenvalue weighted by Gasteiger charge is -2.34. The van der Waals surface area contributed by atoms with E-state index in [4.69, 9.17) is 9.47 Å². The van der Waals surface area contributed by atoms with Gasteiger partial charge < -0.3 is 14.6 Å². The molecule has 0 bridgehead atoms. The molecular formula is C19H22ClF2NO3. The summed E-state index contributed by atoms with van der Waals surface area (Å²) in [6.07, 6.45) is -0.991. The number of ether oxygens (including phenoxy) is 2. The van der Waals surface area contributed by atoms with Crippen LogP contribution in [-0.4, -0.2) is 49.0 Å². The lowest BCUT2D eigenvalue weighted by molar-refractivity contribution is -0.0460. The molecule has 2 aromatic carbocycles. The predicted octanol–water partition coefficient (Wildman–Crippen LogP) is 3.20. The van der Waals surface area contributed by atoms with E-state index in [-0.39, 0.29) is 25.1 Å². The van der Waals surface area contributed by atoms with Crippen molar-refractivity contribution in [2.45, 2.75) is 12.2 Å². The Morgan fingerprint density at radius 3 is 2.65 bits per heavy atom. The van der Waals surface area contributed by atoms with Crippen LogP contribution in [0.5, 0.6) is 5.75 Å². The van der Waals surface area contributed by atoms with Gasteiger partial charge in [0.1, 0.15) is 18.5 Å². The summed E-state index contributed by atoms with van der Waals surface area (Å²) >= 11 is 0. The Bertz CT molecular complexity index is 690. The molecule has 0 saturated carbocycles. The number of benzene rings is 2. The topological polar surface area (TPSA) is 41.9 Å². The minimum Gasteiger partial charge on any atom is -0.491 e. The third-order valence-electron chi connectivity index (χ3n) is 4.12. The number of aliphatic hydroxyl groups excluding tert-OH is 1. The molecule has 1 saturated heterocycles. The number of hydrogen-bond donors (Lipinski definition) is 1. The van der Waals surface area contributed by atoms with Crippen LogP contribution in [0.25, 0.3) is 0 Å². The Morgan fingerprint density at radius 1 is 1.15 bits per heavy atom. The molecule has 1 fully saturated rings. The SMILES string of the molecule is Cl.OC(COc1ccccc1)CN1CCOC(c2ccc(F)c(F)c2)C1. The Morgan fingerprint density at radius 2 is 1.92 bits per heavy atom. The minimum absolute atomic E-state index is 0. The molecule has 0 spiro atoms. The average molecular weight is 386 g/mol. The second kappa shape index (κ2) is 9.83. The van der Waals surface area contributed by atoms with Gasteiger partial charge in [-0.25, -0.2) is 8.78 Å². The molecule has 0 radical (unpaired) electrons. The van der Waals surface area contributed by atoms with Crippen molar-refractivity contribution in [3.63, 3.8) is 0 Å². The van der Waals surface area contributed by atoms with Crippen LogP contribution in [0.15, 0.2) is 48.5 Å². The molecule has 142 valence electrons. The lowest BCUT2D eigenvalue weighted by Crippen LogP contribution is -2.43. The fourth-order valence-electron chi connectivity index (χ4n) is 2.84. The van der Waals surface area contributed by atoms with E-state index in [2.05, 4.69) is 0 Å². The van der Waals surface area contributed by atoms with Gasteiger partial charge in [-0.05, 0) is 29.8 Å². The zero-order valence-corrected chi connectivity index (χ0v) is 15.0. The van der Waals surface area contributed by atoms with E-state index in [0.29, 0.717) is 37.6 Å². The summed E-state index contributed by atoms with van der Waals surface area (Å²) in [6, 6.07) is 13.1. The first-order valence-electron chi connectivity index (χ1n) is 8.26. The first kappa shape index (κ1) is 20.6. The fourth-order valence-corrected chi connectivity index (χ4v) is 2.84. The van der Waals surface area contributed by atoms with Gasteiger partial charge in [-0.15, -0.1) is 12.4 Å². The summed E-state index contributed by atoms with van der Waals surface area (Å²) in [7, 11) is 0. The van der Waals surface area contributed by atoms with Crippen LogP contribution in [0, 0.1) is 11.6 Å². The monoisotopic (exact) mass is 385 g/mol. The van der Waals surface area contributed by atoms with Crippen LogP contribution in [0.3, 0.4) is 0 Å². The lowest BCUT2D eigenvalue weighted by atomic mass is 10.1. The Balaban J connectivity index is 0.00000243. The highest BCUT2D eigenvalue weighted by Crippen LogP contribution is 2.24. The van der Waals surface area contributed by atoms with Crippen molar-refractivity contribution < 1.29 is 23.4 Å². The zero-order chi connectivity index (χ0) is 17.6. The molecular weight excluding hydrogens is 364 g/mol. The summed E-state index contributed by atoms with van der Waals surface area (Å²) in [5.74, 6) is -1.04. The normalized spacial score (nSPS) is 18.8. The number of rotatable bonds is 6. The molecule has 0 amide bonds. The number of aliphatic hydroxyl groups is 1. The van der Waals surface area contributed by atoms with E-state index in [0.717, 1.165) is 6.07 Å². The quantitative estimate of drug-likeness (QED) is 0.829. The maximum absolute atomic E-state index is 13.4. The molecule has 2 aromatic rings. The second-order valence-electron chi connectivity index (χ2n) is 6.07. The number of β-amino-alcohol motifs (C(OH)–C–C–N with tert-alkyl or cyclic N) is 1. The fraction of sp³-hybridized carbons (Fsp3) is 0.368. The van der Waals surface area contributed by atoms with Crippen LogP contribution in [-0.2, 0) is 4.74 Å². The van der Waals surface area contributed by atoms with Gasteiger partial charge >= 0.3 is 0 Å². The second-order valence-corrected chi connectivity index (χ2v) is 6.07. The standard InChI is InChI=1S/C19H21F2NO3.ClH/c20-17-7-6-14(10-18(17)21)19-12-22(8-9-24-19)11-15(23)13-25-16-4-2-1-3-5-16;/h1-7,10,15,19,23H,8-9,11-13H2;1H. The summed E-state index contributed by atoms with van der Waals surface area (Å²) in [4.78, 5) is 2.04. The molecule has 1 aliphatic heterocycles. The summed E-state index contributed by atoms with van der Waals surface area (Å²) in [6.45, 7) is 2.26. The van der Waals surface area contributed by atoms with Gasteiger partial charge in [0.2, 0.25) is 0 Å². The van der Waals surface area contributed by atoms with Crippen LogP contribution < -0.4 is 4.74 Å². The van der Waals surface area contributed by atoms with Crippen LogP contribution in [0.1, 0.15) is 11.7 Å². The Kier molecular flexibility index (Phi) is 7.78. The van der Waals surface area contributed by atoms with Gasteiger partial charge in [-0.3, -0.25) is 4.90 Å².